The molecule has 1 aromatic heterocycles. The van der Waals surface area contributed by atoms with Crippen molar-refractivity contribution in [2.45, 2.75) is 17.9 Å². The van der Waals surface area contributed by atoms with Crippen LogP contribution in [0.4, 0.5) is 4.39 Å². The van der Waals surface area contributed by atoms with Gasteiger partial charge >= 0.3 is 0 Å². The highest BCUT2D eigenvalue weighted by Gasteiger charge is 2.33. The molecule has 1 fully saturated rings. The number of ether oxygens (including phenoxy) is 1. The van der Waals surface area contributed by atoms with Crippen molar-refractivity contribution >= 4 is 10.0 Å². The summed E-state index contributed by atoms with van der Waals surface area (Å²) in [5.74, 6) is -0.333. The molecule has 1 aliphatic heterocycles. The van der Waals surface area contributed by atoms with Crippen molar-refractivity contribution in [1.82, 2.24) is 14.1 Å². The molecule has 1 aromatic carbocycles. The first-order chi connectivity index (χ1) is 10.9. The standard InChI is InChI=1S/C15H18FN3O3S/c1-11-15(9-17-18(11)2)23(20,21)19-7-8-22-14(10-19)12-3-5-13(16)6-4-12/h3-6,9,14H,7-8,10H2,1-2H3. The number of aromatic nitrogens is 2. The summed E-state index contributed by atoms with van der Waals surface area (Å²) in [7, 11) is -1.92. The number of hydrogen-bond acceptors (Lipinski definition) is 4. The van der Waals surface area contributed by atoms with E-state index >= 15 is 0 Å². The number of rotatable bonds is 3. The summed E-state index contributed by atoms with van der Waals surface area (Å²) in [6.07, 6.45) is 0.962. The number of sulfonamides is 1. The second-order valence-electron chi connectivity index (χ2n) is 5.49. The number of hydrogen-bond donors (Lipinski definition) is 0. The Morgan fingerprint density at radius 3 is 2.61 bits per heavy atom. The summed E-state index contributed by atoms with van der Waals surface area (Å²) in [5, 5.41) is 4.00. The lowest BCUT2D eigenvalue weighted by Gasteiger charge is -2.32. The largest absolute Gasteiger partial charge is 0.371 e. The van der Waals surface area contributed by atoms with Crippen LogP contribution in [0.15, 0.2) is 35.4 Å². The second kappa shape index (κ2) is 6.03. The summed E-state index contributed by atoms with van der Waals surface area (Å²) in [6.45, 7) is 2.50. The Hall–Kier alpha value is -1.77. The van der Waals surface area contributed by atoms with Gasteiger partial charge in [0.05, 0.1) is 24.6 Å². The summed E-state index contributed by atoms with van der Waals surface area (Å²) in [6, 6.07) is 5.92. The number of halogens is 1. The molecule has 8 heteroatoms. The quantitative estimate of drug-likeness (QED) is 0.853. The van der Waals surface area contributed by atoms with Gasteiger partial charge in [0, 0.05) is 20.1 Å². The van der Waals surface area contributed by atoms with Gasteiger partial charge in [-0.05, 0) is 24.6 Å². The molecule has 0 radical (unpaired) electrons. The van der Waals surface area contributed by atoms with Crippen LogP contribution in [0, 0.1) is 12.7 Å². The summed E-state index contributed by atoms with van der Waals surface area (Å²) < 4.78 is 47.2. The molecule has 3 rings (SSSR count). The van der Waals surface area contributed by atoms with E-state index in [0.29, 0.717) is 12.3 Å². The third kappa shape index (κ3) is 3.01. The molecule has 1 aliphatic rings. The van der Waals surface area contributed by atoms with Crippen LogP contribution in [0.3, 0.4) is 0 Å². The van der Waals surface area contributed by atoms with Crippen LogP contribution in [-0.2, 0) is 21.8 Å². The summed E-state index contributed by atoms with van der Waals surface area (Å²) in [5.41, 5.74) is 1.35. The maximum atomic E-state index is 13.0. The van der Waals surface area contributed by atoms with Gasteiger partial charge in [0.15, 0.2) is 0 Å². The fourth-order valence-electron chi connectivity index (χ4n) is 2.59. The van der Waals surface area contributed by atoms with Gasteiger partial charge in [0.2, 0.25) is 10.0 Å². The van der Waals surface area contributed by atoms with Gasteiger partial charge < -0.3 is 4.74 Å². The van der Waals surface area contributed by atoms with E-state index in [9.17, 15) is 12.8 Å². The smallest absolute Gasteiger partial charge is 0.246 e. The van der Waals surface area contributed by atoms with E-state index in [1.54, 1.807) is 26.1 Å². The second-order valence-corrected chi connectivity index (χ2v) is 7.40. The number of benzene rings is 1. The first-order valence-electron chi connectivity index (χ1n) is 7.25. The molecule has 1 unspecified atom stereocenters. The lowest BCUT2D eigenvalue weighted by molar-refractivity contribution is -0.00259. The van der Waals surface area contributed by atoms with Crippen molar-refractivity contribution in [3.63, 3.8) is 0 Å². The molecule has 124 valence electrons. The highest BCUT2D eigenvalue weighted by Crippen LogP contribution is 2.27. The van der Waals surface area contributed by atoms with Gasteiger partial charge in [0.1, 0.15) is 10.7 Å². The lowest BCUT2D eigenvalue weighted by atomic mass is 10.1. The first kappa shape index (κ1) is 16.1. The molecule has 6 nitrogen and oxygen atoms in total. The zero-order valence-corrected chi connectivity index (χ0v) is 13.8. The van der Waals surface area contributed by atoms with Gasteiger partial charge in [-0.3, -0.25) is 4.68 Å². The topological polar surface area (TPSA) is 64.4 Å². The minimum Gasteiger partial charge on any atom is -0.371 e. The van der Waals surface area contributed by atoms with Crippen LogP contribution in [0.2, 0.25) is 0 Å². The summed E-state index contributed by atoms with van der Waals surface area (Å²) >= 11 is 0. The van der Waals surface area contributed by atoms with E-state index in [1.165, 1.54) is 27.3 Å². The minimum atomic E-state index is -3.63. The molecule has 1 atom stereocenters. The van der Waals surface area contributed by atoms with Crippen LogP contribution >= 0.6 is 0 Å². The molecule has 2 aromatic rings. The van der Waals surface area contributed by atoms with E-state index in [2.05, 4.69) is 5.10 Å². The molecular weight excluding hydrogens is 321 g/mol. The molecule has 0 bridgehead atoms. The third-order valence-corrected chi connectivity index (χ3v) is 6.05. The minimum absolute atomic E-state index is 0.197. The van der Waals surface area contributed by atoms with Crippen LogP contribution in [0.25, 0.3) is 0 Å². The molecule has 1 saturated heterocycles. The van der Waals surface area contributed by atoms with E-state index < -0.39 is 16.1 Å². The van der Waals surface area contributed by atoms with Crippen molar-refractivity contribution in [3.05, 3.63) is 47.5 Å². The van der Waals surface area contributed by atoms with Crippen molar-refractivity contribution in [3.8, 4) is 0 Å². The Morgan fingerprint density at radius 2 is 2.00 bits per heavy atom. The van der Waals surface area contributed by atoms with Crippen LogP contribution in [0.1, 0.15) is 17.4 Å². The normalized spacial score (nSPS) is 19.9. The van der Waals surface area contributed by atoms with Crippen LogP contribution in [0.5, 0.6) is 0 Å². The predicted molar refractivity (Wildman–Crippen MR) is 81.8 cm³/mol. The molecule has 23 heavy (non-hydrogen) atoms. The van der Waals surface area contributed by atoms with Gasteiger partial charge in [-0.25, -0.2) is 12.8 Å². The third-order valence-electron chi connectivity index (χ3n) is 4.08. The molecule has 0 saturated carbocycles. The van der Waals surface area contributed by atoms with Gasteiger partial charge in [0.25, 0.3) is 0 Å². The van der Waals surface area contributed by atoms with E-state index in [4.69, 9.17) is 4.74 Å². The number of morpholine rings is 1. The average molecular weight is 339 g/mol. The van der Waals surface area contributed by atoms with Crippen LogP contribution in [-0.4, -0.2) is 42.2 Å². The Balaban J connectivity index is 1.86. The molecule has 0 N–H and O–H groups in total. The highest BCUT2D eigenvalue weighted by molar-refractivity contribution is 7.89. The molecular formula is C15H18FN3O3S. The zero-order valence-electron chi connectivity index (χ0n) is 12.9. The molecule has 0 aliphatic carbocycles. The average Bonchev–Trinajstić information content (AvgIpc) is 2.88. The van der Waals surface area contributed by atoms with E-state index in [1.807, 2.05) is 0 Å². The Morgan fingerprint density at radius 1 is 1.30 bits per heavy atom. The predicted octanol–water partition coefficient (Wildman–Crippen LogP) is 1.63. The SMILES string of the molecule is Cc1c(S(=O)(=O)N2CCOC(c3ccc(F)cc3)C2)cnn1C. The molecule has 2 heterocycles. The first-order valence-corrected chi connectivity index (χ1v) is 8.69. The van der Waals surface area contributed by atoms with E-state index in [0.717, 1.165) is 5.56 Å². The maximum absolute atomic E-state index is 13.0. The van der Waals surface area contributed by atoms with E-state index in [-0.39, 0.29) is 23.8 Å². The van der Waals surface area contributed by atoms with Gasteiger partial charge in [-0.2, -0.15) is 9.40 Å². The lowest BCUT2D eigenvalue weighted by Crippen LogP contribution is -2.42. The Kier molecular flexibility index (Phi) is 4.22. The monoisotopic (exact) mass is 339 g/mol. The fourth-order valence-corrected chi connectivity index (χ4v) is 4.20. The van der Waals surface area contributed by atoms with Crippen molar-refractivity contribution in [1.29, 1.82) is 0 Å². The molecule has 0 spiro atoms. The van der Waals surface area contributed by atoms with Gasteiger partial charge in [-0.15, -0.1) is 0 Å². The highest BCUT2D eigenvalue weighted by atomic mass is 32.2. The van der Waals surface area contributed by atoms with Crippen LogP contribution < -0.4 is 0 Å². The fraction of sp³-hybridized carbons (Fsp3) is 0.400. The number of nitrogens with zero attached hydrogens (tertiary/aromatic N) is 3. The number of aryl methyl sites for hydroxylation is 1. The van der Waals surface area contributed by atoms with Crippen molar-refractivity contribution < 1.29 is 17.5 Å². The van der Waals surface area contributed by atoms with Crippen molar-refractivity contribution in [2.24, 2.45) is 7.05 Å². The Labute approximate surface area is 134 Å². The molecule has 0 amide bonds. The van der Waals surface area contributed by atoms with Gasteiger partial charge in [-0.1, -0.05) is 12.1 Å². The van der Waals surface area contributed by atoms with Crippen molar-refractivity contribution in [2.75, 3.05) is 19.7 Å². The maximum Gasteiger partial charge on any atom is 0.246 e. The zero-order chi connectivity index (χ0) is 16.6. The Bertz CT molecular complexity index is 802. The summed E-state index contributed by atoms with van der Waals surface area (Å²) in [4.78, 5) is 0.208.